The van der Waals surface area contributed by atoms with Crippen LogP contribution in [0.3, 0.4) is 0 Å². The first kappa shape index (κ1) is 14.5. The topological polar surface area (TPSA) is 54.0 Å². The number of pyridine rings is 1. The number of rotatable bonds is 5. The van der Waals surface area contributed by atoms with E-state index in [2.05, 4.69) is 15.6 Å². The Labute approximate surface area is 121 Å². The third-order valence-electron chi connectivity index (χ3n) is 2.70. The molecular weight excluding hydrogens is 277 g/mol. The van der Waals surface area contributed by atoms with Crippen LogP contribution in [0.1, 0.15) is 27.0 Å². The first-order valence-electron chi connectivity index (χ1n) is 6.33. The lowest BCUT2D eigenvalue weighted by molar-refractivity contribution is 0.0947. The summed E-state index contributed by atoms with van der Waals surface area (Å²) in [5.74, 6) is -0.948. The molecule has 0 aliphatic carbocycles. The summed E-state index contributed by atoms with van der Waals surface area (Å²) in [5, 5.41) is 5.50. The van der Waals surface area contributed by atoms with E-state index in [4.69, 9.17) is 0 Å². The number of halogens is 1. The molecule has 2 rings (SSSR count). The van der Waals surface area contributed by atoms with Crippen molar-refractivity contribution in [2.45, 2.75) is 20.4 Å². The van der Waals surface area contributed by atoms with Gasteiger partial charge in [0.25, 0.3) is 5.91 Å². The van der Waals surface area contributed by atoms with Crippen LogP contribution in [0.15, 0.2) is 24.4 Å². The van der Waals surface area contributed by atoms with Crippen LogP contribution in [0, 0.1) is 12.7 Å². The summed E-state index contributed by atoms with van der Waals surface area (Å²) in [6.07, 6.45) is 1.42. The van der Waals surface area contributed by atoms with Crippen LogP contribution in [-0.4, -0.2) is 17.4 Å². The summed E-state index contributed by atoms with van der Waals surface area (Å²) in [6, 6.07) is 5.32. The molecule has 0 fully saturated rings. The average Bonchev–Trinajstić information content (AvgIpc) is 2.84. The molecule has 2 aromatic heterocycles. The summed E-state index contributed by atoms with van der Waals surface area (Å²) in [7, 11) is 0. The Kier molecular flexibility index (Phi) is 4.68. The molecule has 0 saturated carbocycles. The zero-order valence-corrected chi connectivity index (χ0v) is 12.2. The van der Waals surface area contributed by atoms with E-state index in [0.717, 1.165) is 4.88 Å². The Hall–Kier alpha value is -1.95. The number of aromatic nitrogens is 1. The van der Waals surface area contributed by atoms with Gasteiger partial charge in [-0.1, -0.05) is 0 Å². The minimum Gasteiger partial charge on any atom is -0.368 e. The largest absolute Gasteiger partial charge is 0.368 e. The lowest BCUT2D eigenvalue weighted by Gasteiger charge is -2.08. The van der Waals surface area contributed by atoms with E-state index in [-0.39, 0.29) is 11.4 Å². The van der Waals surface area contributed by atoms with E-state index in [1.165, 1.54) is 17.1 Å². The first-order chi connectivity index (χ1) is 9.61. The highest BCUT2D eigenvalue weighted by molar-refractivity contribution is 7.11. The molecule has 0 atom stereocenters. The predicted octanol–water partition coefficient (Wildman–Crippen LogP) is 2.95. The summed E-state index contributed by atoms with van der Waals surface area (Å²) >= 11 is 1.61. The second-order valence-corrected chi connectivity index (χ2v) is 5.62. The molecule has 2 N–H and O–H groups in total. The molecule has 0 saturated heterocycles. The van der Waals surface area contributed by atoms with Gasteiger partial charge < -0.3 is 10.6 Å². The molecule has 4 nitrogen and oxygen atoms in total. The van der Waals surface area contributed by atoms with Crippen LogP contribution in [-0.2, 0) is 6.54 Å². The van der Waals surface area contributed by atoms with Gasteiger partial charge in [0.15, 0.2) is 11.6 Å². The molecule has 1 amide bonds. The van der Waals surface area contributed by atoms with Crippen molar-refractivity contribution in [2.75, 3.05) is 11.9 Å². The van der Waals surface area contributed by atoms with Crippen LogP contribution in [0.25, 0.3) is 0 Å². The first-order valence-corrected chi connectivity index (χ1v) is 7.15. The fraction of sp³-hybridized carbons (Fsp3) is 0.286. The van der Waals surface area contributed by atoms with Gasteiger partial charge in [0.1, 0.15) is 0 Å². The van der Waals surface area contributed by atoms with Gasteiger partial charge in [-0.05, 0) is 32.0 Å². The Bertz CT molecular complexity index is 612. The predicted molar refractivity (Wildman–Crippen MR) is 78.6 cm³/mol. The summed E-state index contributed by atoms with van der Waals surface area (Å²) in [5.41, 5.74) is 0.00391. The minimum absolute atomic E-state index is 0.00391. The molecule has 0 spiro atoms. The quantitative estimate of drug-likeness (QED) is 0.891. The van der Waals surface area contributed by atoms with Gasteiger partial charge in [0.2, 0.25) is 0 Å². The van der Waals surface area contributed by atoms with E-state index >= 15 is 0 Å². The molecule has 0 bridgehead atoms. The Morgan fingerprint density at radius 1 is 1.40 bits per heavy atom. The van der Waals surface area contributed by atoms with Crippen LogP contribution >= 0.6 is 11.3 Å². The van der Waals surface area contributed by atoms with Crippen molar-refractivity contribution in [1.82, 2.24) is 10.3 Å². The lowest BCUT2D eigenvalue weighted by atomic mass is 10.2. The highest BCUT2D eigenvalue weighted by Gasteiger charge is 2.15. The molecule has 0 radical (unpaired) electrons. The average molecular weight is 293 g/mol. The van der Waals surface area contributed by atoms with Crippen LogP contribution in [0.2, 0.25) is 0 Å². The molecule has 0 aliphatic rings. The van der Waals surface area contributed by atoms with Gasteiger partial charge in [-0.15, -0.1) is 11.3 Å². The third kappa shape index (κ3) is 3.33. The van der Waals surface area contributed by atoms with E-state index < -0.39 is 11.7 Å². The zero-order chi connectivity index (χ0) is 14.5. The Morgan fingerprint density at radius 2 is 2.20 bits per heavy atom. The molecule has 0 aliphatic heterocycles. The van der Waals surface area contributed by atoms with Gasteiger partial charge in [0.05, 0.1) is 12.1 Å². The number of amides is 1. The lowest BCUT2D eigenvalue weighted by Crippen LogP contribution is -2.24. The zero-order valence-electron chi connectivity index (χ0n) is 11.4. The minimum atomic E-state index is -0.616. The standard InChI is InChI=1S/C14H16FN3OS/c1-3-16-13-12(15)11(6-7-17-13)14(19)18-8-10-5-4-9(2)20-10/h4-7H,3,8H2,1-2H3,(H,16,17)(H,18,19). The van der Waals surface area contributed by atoms with Crippen LogP contribution < -0.4 is 10.6 Å². The molecule has 0 aromatic carbocycles. The number of nitrogens with zero attached hydrogens (tertiary/aromatic N) is 1. The van der Waals surface area contributed by atoms with Crippen LogP contribution in [0.4, 0.5) is 10.2 Å². The van der Waals surface area contributed by atoms with Gasteiger partial charge in [0, 0.05) is 22.5 Å². The Morgan fingerprint density at radius 3 is 2.85 bits per heavy atom. The maximum absolute atomic E-state index is 14.1. The number of hydrogen-bond acceptors (Lipinski definition) is 4. The van der Waals surface area contributed by atoms with Crippen molar-refractivity contribution in [3.63, 3.8) is 0 Å². The molecule has 6 heteroatoms. The normalized spacial score (nSPS) is 10.3. The highest BCUT2D eigenvalue weighted by Crippen LogP contribution is 2.17. The third-order valence-corrected chi connectivity index (χ3v) is 3.70. The molecule has 0 unspecified atom stereocenters. The van der Waals surface area contributed by atoms with Crippen molar-refractivity contribution >= 4 is 23.1 Å². The molecule has 106 valence electrons. The van der Waals surface area contributed by atoms with Crippen molar-refractivity contribution in [3.8, 4) is 0 Å². The monoisotopic (exact) mass is 293 g/mol. The summed E-state index contributed by atoms with van der Waals surface area (Å²) < 4.78 is 14.1. The fourth-order valence-electron chi connectivity index (χ4n) is 1.75. The van der Waals surface area contributed by atoms with Crippen LogP contribution in [0.5, 0.6) is 0 Å². The Balaban J connectivity index is 2.07. The van der Waals surface area contributed by atoms with Crippen molar-refractivity contribution < 1.29 is 9.18 Å². The van der Waals surface area contributed by atoms with Gasteiger partial charge in [-0.25, -0.2) is 9.37 Å². The second-order valence-electron chi connectivity index (χ2n) is 4.25. The second kappa shape index (κ2) is 6.47. The number of aryl methyl sites for hydroxylation is 1. The maximum Gasteiger partial charge on any atom is 0.254 e. The van der Waals surface area contributed by atoms with E-state index in [9.17, 15) is 9.18 Å². The van der Waals surface area contributed by atoms with Crippen molar-refractivity contribution in [1.29, 1.82) is 0 Å². The van der Waals surface area contributed by atoms with E-state index in [1.807, 2.05) is 26.0 Å². The number of anilines is 1. The van der Waals surface area contributed by atoms with Crippen molar-refractivity contribution in [3.05, 3.63) is 45.5 Å². The van der Waals surface area contributed by atoms with Gasteiger partial charge in [-0.3, -0.25) is 4.79 Å². The number of carbonyl (C=O) groups is 1. The summed E-state index contributed by atoms with van der Waals surface area (Å²) in [4.78, 5) is 18.1. The molecule has 2 heterocycles. The number of hydrogen-bond donors (Lipinski definition) is 2. The summed E-state index contributed by atoms with van der Waals surface area (Å²) in [6.45, 7) is 4.79. The van der Waals surface area contributed by atoms with Crippen molar-refractivity contribution in [2.24, 2.45) is 0 Å². The smallest absolute Gasteiger partial charge is 0.254 e. The van der Waals surface area contributed by atoms with E-state index in [1.54, 1.807) is 11.3 Å². The van der Waals surface area contributed by atoms with Gasteiger partial charge in [-0.2, -0.15) is 0 Å². The molecular formula is C14H16FN3OS. The van der Waals surface area contributed by atoms with Gasteiger partial charge >= 0.3 is 0 Å². The SMILES string of the molecule is CCNc1nccc(C(=O)NCc2ccc(C)s2)c1F. The molecule has 2 aromatic rings. The maximum atomic E-state index is 14.1. The highest BCUT2D eigenvalue weighted by atomic mass is 32.1. The van der Waals surface area contributed by atoms with E-state index in [0.29, 0.717) is 13.1 Å². The number of thiophene rings is 1. The number of carbonyl (C=O) groups excluding carboxylic acids is 1. The molecule has 20 heavy (non-hydrogen) atoms. The number of nitrogens with one attached hydrogen (secondary N) is 2. The fourth-order valence-corrected chi connectivity index (χ4v) is 2.58.